The molecule has 0 atom stereocenters. The minimum atomic E-state index is -0.944. The second kappa shape index (κ2) is 4.87. The van der Waals surface area contributed by atoms with Crippen molar-refractivity contribution < 1.29 is 14.7 Å². The second-order valence-corrected chi connectivity index (χ2v) is 5.00. The Balaban J connectivity index is 2.19. The lowest BCUT2D eigenvalue weighted by Crippen LogP contribution is -2.55. The van der Waals surface area contributed by atoms with Gasteiger partial charge in [0.1, 0.15) is 5.56 Å². The van der Waals surface area contributed by atoms with E-state index in [1.807, 2.05) is 0 Å². The summed E-state index contributed by atoms with van der Waals surface area (Å²) < 4.78 is 1.32. The van der Waals surface area contributed by atoms with E-state index in [2.05, 4.69) is 5.32 Å². The molecule has 19 heavy (non-hydrogen) atoms. The lowest BCUT2D eigenvalue weighted by Gasteiger charge is -2.41. The van der Waals surface area contributed by atoms with Crippen LogP contribution in [-0.2, 0) is 11.8 Å². The molecular formula is C13H16N2O4. The van der Waals surface area contributed by atoms with E-state index in [4.69, 9.17) is 5.11 Å². The van der Waals surface area contributed by atoms with Gasteiger partial charge < -0.3 is 15.0 Å². The zero-order valence-corrected chi connectivity index (χ0v) is 10.7. The fourth-order valence-electron chi connectivity index (χ4n) is 2.32. The molecule has 2 rings (SSSR count). The molecule has 1 fully saturated rings. The third-order valence-electron chi connectivity index (χ3n) is 3.55. The number of pyridine rings is 1. The number of aryl methyl sites for hydroxylation is 1. The molecule has 2 N–H and O–H groups in total. The number of carbonyl (C=O) groups is 2. The summed E-state index contributed by atoms with van der Waals surface area (Å²) in [5, 5.41) is 11.6. The quantitative estimate of drug-likeness (QED) is 0.829. The molecule has 1 aliphatic rings. The molecule has 1 amide bonds. The zero-order chi connectivity index (χ0) is 14.0. The first-order valence-corrected chi connectivity index (χ1v) is 6.13. The predicted octanol–water partition coefficient (Wildman–Crippen LogP) is 0.512. The van der Waals surface area contributed by atoms with Crippen molar-refractivity contribution in [2.75, 3.05) is 0 Å². The number of rotatable bonds is 4. The number of aliphatic carboxylic acids is 1. The Morgan fingerprint density at radius 1 is 1.47 bits per heavy atom. The Labute approximate surface area is 110 Å². The summed E-state index contributed by atoms with van der Waals surface area (Å²) in [6.07, 6.45) is 3.62. The van der Waals surface area contributed by atoms with Crippen LogP contribution in [0.5, 0.6) is 0 Å². The van der Waals surface area contributed by atoms with E-state index in [1.165, 1.54) is 10.6 Å². The van der Waals surface area contributed by atoms with Crippen molar-refractivity contribution in [3.63, 3.8) is 0 Å². The van der Waals surface area contributed by atoms with E-state index in [9.17, 15) is 14.4 Å². The van der Waals surface area contributed by atoms with Gasteiger partial charge in [-0.25, -0.2) is 0 Å². The minimum absolute atomic E-state index is 0.0432. The van der Waals surface area contributed by atoms with E-state index in [0.717, 1.165) is 6.42 Å². The first kappa shape index (κ1) is 13.3. The Morgan fingerprint density at radius 2 is 2.16 bits per heavy atom. The highest BCUT2D eigenvalue weighted by Crippen LogP contribution is 2.35. The summed E-state index contributed by atoms with van der Waals surface area (Å²) >= 11 is 0. The largest absolute Gasteiger partial charge is 0.481 e. The van der Waals surface area contributed by atoms with Crippen molar-refractivity contribution in [2.24, 2.45) is 7.05 Å². The van der Waals surface area contributed by atoms with Crippen LogP contribution in [-0.4, -0.2) is 27.1 Å². The zero-order valence-electron chi connectivity index (χ0n) is 10.7. The van der Waals surface area contributed by atoms with Crippen LogP contribution >= 0.6 is 0 Å². The standard InChI is InChI=1S/C13H16N2O4/c1-15-7-2-4-9(12(15)19)11(18)14-13(5-3-6-13)8-10(16)17/h2,4,7H,3,5-6,8H2,1H3,(H,14,18)(H,16,17). The highest BCUT2D eigenvalue weighted by Gasteiger charge is 2.40. The Hall–Kier alpha value is -2.11. The Morgan fingerprint density at radius 3 is 2.68 bits per heavy atom. The molecule has 0 aromatic carbocycles. The molecule has 1 aromatic rings. The molecule has 0 radical (unpaired) electrons. The molecule has 0 aliphatic heterocycles. The van der Waals surface area contributed by atoms with Crippen LogP contribution < -0.4 is 10.9 Å². The average molecular weight is 264 g/mol. The van der Waals surface area contributed by atoms with Crippen molar-refractivity contribution in [1.82, 2.24) is 9.88 Å². The van der Waals surface area contributed by atoms with Gasteiger partial charge in [0, 0.05) is 13.2 Å². The third-order valence-corrected chi connectivity index (χ3v) is 3.55. The van der Waals surface area contributed by atoms with Crippen molar-refractivity contribution in [2.45, 2.75) is 31.2 Å². The van der Waals surface area contributed by atoms with E-state index < -0.39 is 17.4 Å². The molecule has 1 saturated carbocycles. The van der Waals surface area contributed by atoms with Crippen LogP contribution in [0.25, 0.3) is 0 Å². The summed E-state index contributed by atoms with van der Waals surface area (Å²) in [4.78, 5) is 34.7. The van der Waals surface area contributed by atoms with Crippen molar-refractivity contribution in [3.05, 3.63) is 34.2 Å². The number of aromatic nitrogens is 1. The van der Waals surface area contributed by atoms with Crippen LogP contribution in [0.2, 0.25) is 0 Å². The SMILES string of the molecule is Cn1cccc(C(=O)NC2(CC(=O)O)CCC2)c1=O. The maximum atomic E-state index is 12.1. The fourth-order valence-corrected chi connectivity index (χ4v) is 2.32. The van der Waals surface area contributed by atoms with E-state index >= 15 is 0 Å². The van der Waals surface area contributed by atoms with Gasteiger partial charge in [-0.2, -0.15) is 0 Å². The summed E-state index contributed by atoms with van der Waals surface area (Å²) in [7, 11) is 1.56. The molecule has 6 heteroatoms. The normalized spacial score (nSPS) is 16.5. The number of carboxylic acid groups (broad SMARTS) is 1. The number of nitrogens with one attached hydrogen (secondary N) is 1. The molecule has 0 unspecified atom stereocenters. The minimum Gasteiger partial charge on any atom is -0.481 e. The number of hydrogen-bond donors (Lipinski definition) is 2. The summed E-state index contributed by atoms with van der Waals surface area (Å²) in [6.45, 7) is 0. The van der Waals surface area contributed by atoms with Gasteiger partial charge in [-0.3, -0.25) is 14.4 Å². The molecule has 1 heterocycles. The lowest BCUT2D eigenvalue weighted by atomic mass is 9.74. The third kappa shape index (κ3) is 2.67. The molecule has 6 nitrogen and oxygen atoms in total. The van der Waals surface area contributed by atoms with Crippen molar-refractivity contribution >= 4 is 11.9 Å². The molecular weight excluding hydrogens is 248 g/mol. The van der Waals surface area contributed by atoms with Crippen LogP contribution in [0, 0.1) is 0 Å². The lowest BCUT2D eigenvalue weighted by molar-refractivity contribution is -0.139. The first-order valence-electron chi connectivity index (χ1n) is 6.13. The van der Waals surface area contributed by atoms with Gasteiger partial charge >= 0.3 is 5.97 Å². The second-order valence-electron chi connectivity index (χ2n) is 5.00. The first-order chi connectivity index (χ1) is 8.93. The van der Waals surface area contributed by atoms with Gasteiger partial charge in [0.15, 0.2) is 0 Å². The average Bonchev–Trinajstić information content (AvgIpc) is 2.29. The monoisotopic (exact) mass is 264 g/mol. The van der Waals surface area contributed by atoms with Crippen LogP contribution in [0.4, 0.5) is 0 Å². The number of nitrogens with zero attached hydrogens (tertiary/aromatic N) is 1. The Kier molecular flexibility index (Phi) is 3.42. The molecule has 1 aromatic heterocycles. The van der Waals surface area contributed by atoms with E-state index in [0.29, 0.717) is 12.8 Å². The summed E-state index contributed by atoms with van der Waals surface area (Å²) in [5.74, 6) is -1.44. The van der Waals surface area contributed by atoms with Gasteiger partial charge in [0.05, 0.1) is 12.0 Å². The van der Waals surface area contributed by atoms with E-state index in [1.54, 1.807) is 19.3 Å². The van der Waals surface area contributed by atoms with Gasteiger partial charge in [0.2, 0.25) is 0 Å². The molecule has 1 aliphatic carbocycles. The van der Waals surface area contributed by atoms with Gasteiger partial charge in [-0.15, -0.1) is 0 Å². The van der Waals surface area contributed by atoms with Crippen molar-refractivity contribution in [1.29, 1.82) is 0 Å². The number of hydrogen-bond acceptors (Lipinski definition) is 3. The van der Waals surface area contributed by atoms with E-state index in [-0.39, 0.29) is 17.5 Å². The predicted molar refractivity (Wildman–Crippen MR) is 68.0 cm³/mol. The number of carbonyl (C=O) groups excluding carboxylic acids is 1. The molecule has 0 saturated heterocycles. The smallest absolute Gasteiger partial charge is 0.305 e. The van der Waals surface area contributed by atoms with Crippen molar-refractivity contribution in [3.8, 4) is 0 Å². The number of amides is 1. The maximum Gasteiger partial charge on any atom is 0.305 e. The van der Waals surface area contributed by atoms with Gasteiger partial charge in [0.25, 0.3) is 11.5 Å². The summed E-state index contributed by atoms with van der Waals surface area (Å²) in [5.41, 5.74) is -1.03. The topological polar surface area (TPSA) is 88.4 Å². The van der Waals surface area contributed by atoms with Crippen LogP contribution in [0.1, 0.15) is 36.0 Å². The Bertz CT molecular complexity index is 572. The van der Waals surface area contributed by atoms with Gasteiger partial charge in [-0.05, 0) is 31.4 Å². The fraction of sp³-hybridized carbons (Fsp3) is 0.462. The van der Waals surface area contributed by atoms with Gasteiger partial charge in [-0.1, -0.05) is 0 Å². The highest BCUT2D eigenvalue weighted by molar-refractivity contribution is 5.94. The number of carboxylic acids is 1. The maximum absolute atomic E-state index is 12.1. The summed E-state index contributed by atoms with van der Waals surface area (Å²) in [6, 6.07) is 3.06. The molecule has 0 bridgehead atoms. The molecule has 102 valence electrons. The molecule has 0 spiro atoms. The highest BCUT2D eigenvalue weighted by atomic mass is 16.4. The van der Waals surface area contributed by atoms with Crippen LogP contribution in [0.15, 0.2) is 23.1 Å². The van der Waals surface area contributed by atoms with Crippen LogP contribution in [0.3, 0.4) is 0 Å².